The molecule has 0 radical (unpaired) electrons. The van der Waals surface area contributed by atoms with Gasteiger partial charge in [-0.3, -0.25) is 4.79 Å². The SMILES string of the molecule is CCS(=O)(=O)c1ccc(N2CCSCC2CC(=O)O)cc1. The van der Waals surface area contributed by atoms with E-state index in [1.54, 1.807) is 43.0 Å². The number of carboxylic acid groups (broad SMARTS) is 1. The minimum absolute atomic E-state index is 0.0464. The summed E-state index contributed by atoms with van der Waals surface area (Å²) in [4.78, 5) is 13.3. The molecule has 7 heteroatoms. The van der Waals surface area contributed by atoms with E-state index in [0.29, 0.717) is 4.90 Å². The number of benzene rings is 1. The molecule has 1 fully saturated rings. The number of carboxylic acids is 1. The second kappa shape index (κ2) is 6.70. The predicted molar refractivity (Wildman–Crippen MR) is 84.9 cm³/mol. The highest BCUT2D eigenvalue weighted by molar-refractivity contribution is 7.99. The van der Waals surface area contributed by atoms with E-state index < -0.39 is 15.8 Å². The van der Waals surface area contributed by atoms with Crippen molar-refractivity contribution >= 4 is 33.3 Å². The van der Waals surface area contributed by atoms with Gasteiger partial charge in [-0.2, -0.15) is 11.8 Å². The van der Waals surface area contributed by atoms with Crippen LogP contribution in [0.2, 0.25) is 0 Å². The first-order valence-corrected chi connectivity index (χ1v) is 9.63. The van der Waals surface area contributed by atoms with E-state index in [2.05, 4.69) is 4.90 Å². The van der Waals surface area contributed by atoms with Crippen molar-refractivity contribution in [3.8, 4) is 0 Å². The predicted octanol–water partition coefficient (Wildman–Crippen LogP) is 1.88. The largest absolute Gasteiger partial charge is 0.481 e. The van der Waals surface area contributed by atoms with Crippen molar-refractivity contribution in [2.24, 2.45) is 0 Å². The molecule has 2 rings (SSSR count). The van der Waals surface area contributed by atoms with Crippen LogP contribution in [0.5, 0.6) is 0 Å². The number of hydrogen-bond donors (Lipinski definition) is 1. The summed E-state index contributed by atoms with van der Waals surface area (Å²) in [5.41, 5.74) is 0.886. The summed E-state index contributed by atoms with van der Waals surface area (Å²) in [6.07, 6.45) is 0.0992. The maximum Gasteiger partial charge on any atom is 0.305 e. The zero-order chi connectivity index (χ0) is 15.5. The van der Waals surface area contributed by atoms with Gasteiger partial charge in [0.25, 0.3) is 0 Å². The highest BCUT2D eigenvalue weighted by Crippen LogP contribution is 2.27. The normalized spacial score (nSPS) is 19.5. The third-order valence-corrected chi connectivity index (χ3v) is 6.39. The first kappa shape index (κ1) is 16.2. The Morgan fingerprint density at radius 1 is 1.38 bits per heavy atom. The third-order valence-electron chi connectivity index (χ3n) is 3.55. The molecule has 1 saturated heterocycles. The smallest absolute Gasteiger partial charge is 0.305 e. The summed E-state index contributed by atoms with van der Waals surface area (Å²) in [7, 11) is -3.19. The van der Waals surface area contributed by atoms with Crippen molar-refractivity contribution in [3.63, 3.8) is 0 Å². The van der Waals surface area contributed by atoms with E-state index in [0.717, 1.165) is 23.7 Å². The number of rotatable bonds is 5. The van der Waals surface area contributed by atoms with Crippen LogP contribution < -0.4 is 4.90 Å². The zero-order valence-corrected chi connectivity index (χ0v) is 13.5. The zero-order valence-electron chi connectivity index (χ0n) is 11.9. The molecule has 0 bridgehead atoms. The second-order valence-corrected chi connectivity index (χ2v) is 8.35. The van der Waals surface area contributed by atoms with Crippen molar-refractivity contribution < 1.29 is 18.3 Å². The van der Waals surface area contributed by atoms with Crippen LogP contribution in [0.1, 0.15) is 13.3 Å². The average Bonchev–Trinajstić information content (AvgIpc) is 2.47. The summed E-state index contributed by atoms with van der Waals surface area (Å²) in [5, 5.41) is 9.00. The molecular formula is C14H19NO4S2. The minimum atomic E-state index is -3.19. The van der Waals surface area contributed by atoms with Crippen LogP contribution in [0.4, 0.5) is 5.69 Å². The lowest BCUT2D eigenvalue weighted by atomic mass is 10.1. The number of thioether (sulfide) groups is 1. The Balaban J connectivity index is 2.21. The summed E-state index contributed by atoms with van der Waals surface area (Å²) < 4.78 is 23.6. The van der Waals surface area contributed by atoms with Crippen molar-refractivity contribution in [2.75, 3.05) is 28.7 Å². The molecule has 1 unspecified atom stereocenters. The molecule has 5 nitrogen and oxygen atoms in total. The van der Waals surface area contributed by atoms with E-state index in [9.17, 15) is 13.2 Å². The van der Waals surface area contributed by atoms with Crippen LogP contribution >= 0.6 is 11.8 Å². The molecule has 1 aliphatic rings. The Bertz CT molecular complexity index is 598. The number of aliphatic carboxylic acids is 1. The Hall–Kier alpha value is -1.21. The molecule has 0 spiro atoms. The van der Waals surface area contributed by atoms with Gasteiger partial charge in [-0.25, -0.2) is 8.42 Å². The molecule has 1 aromatic rings. The lowest BCUT2D eigenvalue weighted by Gasteiger charge is -2.36. The van der Waals surface area contributed by atoms with Crippen LogP contribution in [0.15, 0.2) is 29.2 Å². The average molecular weight is 329 g/mol. The van der Waals surface area contributed by atoms with E-state index >= 15 is 0 Å². The molecule has 1 aromatic carbocycles. The Labute approximate surface area is 129 Å². The quantitative estimate of drug-likeness (QED) is 0.889. The fourth-order valence-electron chi connectivity index (χ4n) is 2.38. The van der Waals surface area contributed by atoms with Gasteiger partial charge in [-0.15, -0.1) is 0 Å². The molecular weight excluding hydrogens is 310 g/mol. The maximum atomic E-state index is 11.8. The number of anilines is 1. The maximum absolute atomic E-state index is 11.8. The molecule has 0 amide bonds. The lowest BCUT2D eigenvalue weighted by molar-refractivity contribution is -0.137. The van der Waals surface area contributed by atoms with Gasteiger partial charge in [0.15, 0.2) is 9.84 Å². The fourth-order valence-corrected chi connectivity index (χ4v) is 4.32. The van der Waals surface area contributed by atoms with Gasteiger partial charge < -0.3 is 10.0 Å². The first-order valence-electron chi connectivity index (χ1n) is 6.83. The fraction of sp³-hybridized carbons (Fsp3) is 0.500. The molecule has 1 heterocycles. The summed E-state index contributed by atoms with van der Waals surface area (Å²) in [6.45, 7) is 2.40. The standard InChI is InChI=1S/C14H19NO4S2/c1-2-21(18,19)13-5-3-11(4-6-13)15-7-8-20-10-12(15)9-14(16)17/h3-6,12H,2,7-10H2,1H3,(H,16,17). The van der Waals surface area contributed by atoms with Crippen LogP contribution in [0.25, 0.3) is 0 Å². The van der Waals surface area contributed by atoms with Gasteiger partial charge in [-0.1, -0.05) is 6.92 Å². The lowest BCUT2D eigenvalue weighted by Crippen LogP contribution is -2.43. The Morgan fingerprint density at radius 2 is 2.05 bits per heavy atom. The van der Waals surface area contributed by atoms with Crippen molar-refractivity contribution in [1.82, 2.24) is 0 Å². The molecule has 116 valence electrons. The number of hydrogen-bond acceptors (Lipinski definition) is 5. The van der Waals surface area contributed by atoms with Gasteiger partial charge in [0.1, 0.15) is 0 Å². The molecule has 21 heavy (non-hydrogen) atoms. The highest BCUT2D eigenvalue weighted by Gasteiger charge is 2.25. The van der Waals surface area contributed by atoms with Crippen LogP contribution in [0, 0.1) is 0 Å². The Morgan fingerprint density at radius 3 is 2.62 bits per heavy atom. The summed E-state index contributed by atoms with van der Waals surface area (Å²) >= 11 is 1.75. The molecule has 0 saturated carbocycles. The van der Waals surface area contributed by atoms with Gasteiger partial charge in [-0.05, 0) is 24.3 Å². The van der Waals surface area contributed by atoms with Crippen molar-refractivity contribution in [3.05, 3.63) is 24.3 Å². The van der Waals surface area contributed by atoms with E-state index in [-0.39, 0.29) is 18.2 Å². The molecule has 1 atom stereocenters. The topological polar surface area (TPSA) is 74.7 Å². The first-order chi connectivity index (χ1) is 9.94. The van der Waals surface area contributed by atoms with Crippen LogP contribution in [-0.4, -0.2) is 49.3 Å². The molecule has 1 aliphatic heterocycles. The second-order valence-electron chi connectivity index (χ2n) is 4.92. The number of sulfone groups is 1. The van der Waals surface area contributed by atoms with Gasteiger partial charge in [0, 0.05) is 29.8 Å². The van der Waals surface area contributed by atoms with Crippen LogP contribution in [0.3, 0.4) is 0 Å². The van der Waals surface area contributed by atoms with Gasteiger partial charge >= 0.3 is 5.97 Å². The van der Waals surface area contributed by atoms with Crippen molar-refractivity contribution in [2.45, 2.75) is 24.3 Å². The molecule has 1 N–H and O–H groups in total. The van der Waals surface area contributed by atoms with Crippen LogP contribution in [-0.2, 0) is 14.6 Å². The number of nitrogens with zero attached hydrogens (tertiary/aromatic N) is 1. The number of carbonyl (C=O) groups is 1. The summed E-state index contributed by atoms with van der Waals surface area (Å²) in [5.74, 6) is 0.999. The molecule has 0 aromatic heterocycles. The molecule has 0 aliphatic carbocycles. The van der Waals surface area contributed by atoms with E-state index in [1.807, 2.05) is 0 Å². The van der Waals surface area contributed by atoms with Gasteiger partial charge in [0.05, 0.1) is 17.1 Å². The Kier molecular flexibility index (Phi) is 5.16. The van der Waals surface area contributed by atoms with E-state index in [4.69, 9.17) is 5.11 Å². The highest BCUT2D eigenvalue weighted by atomic mass is 32.2. The third kappa shape index (κ3) is 3.91. The minimum Gasteiger partial charge on any atom is -0.481 e. The van der Waals surface area contributed by atoms with Gasteiger partial charge in [0.2, 0.25) is 0 Å². The van der Waals surface area contributed by atoms with E-state index in [1.165, 1.54) is 0 Å². The van der Waals surface area contributed by atoms with Crippen molar-refractivity contribution in [1.29, 1.82) is 0 Å². The summed E-state index contributed by atoms with van der Waals surface area (Å²) in [6, 6.07) is 6.71. The monoisotopic (exact) mass is 329 g/mol.